The van der Waals surface area contributed by atoms with Gasteiger partial charge in [0.25, 0.3) is 5.91 Å². The van der Waals surface area contributed by atoms with Crippen LogP contribution < -0.4 is 11.1 Å². The van der Waals surface area contributed by atoms with Crippen molar-refractivity contribution >= 4 is 56.5 Å². The molecule has 7 nitrogen and oxygen atoms in total. The molecule has 1 aromatic heterocycles. The minimum atomic E-state index is -1.17. The normalized spacial score (nSPS) is 10.8. The fraction of sp³-hybridized carbons (Fsp3) is 0.217. The second kappa shape index (κ2) is 10.4. The maximum absolute atomic E-state index is 13.0. The zero-order valence-electron chi connectivity index (χ0n) is 17.1. The second-order valence-electron chi connectivity index (χ2n) is 7.26. The van der Waals surface area contributed by atoms with Crippen LogP contribution in [0.1, 0.15) is 55.2 Å². The molecule has 3 rings (SSSR count). The standard InChI is InChI=1S/C23H22ClN3O4S/c24-20-16-5-1-2-6-18(16)32-21(20)17(28)12-14-11-13(8-9-15(14)23(30)31)22(29)27-10-4-3-7-19(25)26/h1-2,5-6,8-9,11H,3-4,7,10,12H2,(H3,25,26)(H,27,29)(H,30,31). The minimum absolute atomic E-state index is 0.0337. The first-order valence-corrected chi connectivity index (χ1v) is 11.1. The van der Waals surface area contributed by atoms with E-state index in [2.05, 4.69) is 5.32 Å². The van der Waals surface area contributed by atoms with Crippen molar-refractivity contribution in [3.8, 4) is 0 Å². The summed E-state index contributed by atoms with van der Waals surface area (Å²) in [6.07, 6.45) is 1.63. The van der Waals surface area contributed by atoms with Gasteiger partial charge in [0, 0.05) is 35.0 Å². The summed E-state index contributed by atoms with van der Waals surface area (Å²) in [6, 6.07) is 11.6. The molecule has 2 aromatic carbocycles. The van der Waals surface area contributed by atoms with E-state index in [4.69, 9.17) is 22.7 Å². The van der Waals surface area contributed by atoms with Gasteiger partial charge in [-0.25, -0.2) is 4.79 Å². The number of amides is 1. The number of Topliss-reactive ketones (excluding diaryl/α,β-unsaturated/α-hetero) is 1. The van der Waals surface area contributed by atoms with Gasteiger partial charge in [-0.05, 0) is 42.7 Å². The number of carbonyl (C=O) groups is 3. The van der Waals surface area contributed by atoms with Gasteiger partial charge in [-0.15, -0.1) is 11.3 Å². The summed E-state index contributed by atoms with van der Waals surface area (Å²) in [5, 5.41) is 20.6. The summed E-state index contributed by atoms with van der Waals surface area (Å²) in [5.74, 6) is -1.74. The molecule has 0 atom stereocenters. The predicted octanol–water partition coefficient (Wildman–Crippen LogP) is 4.51. The van der Waals surface area contributed by atoms with E-state index in [1.807, 2.05) is 24.3 Å². The summed E-state index contributed by atoms with van der Waals surface area (Å²) in [6.45, 7) is 0.401. The number of carboxylic acid groups (broad SMARTS) is 1. The number of hydrogen-bond acceptors (Lipinski definition) is 5. The Hall–Kier alpha value is -3.23. The van der Waals surface area contributed by atoms with Crippen LogP contribution in [0.2, 0.25) is 5.02 Å². The number of halogens is 1. The zero-order valence-corrected chi connectivity index (χ0v) is 18.7. The highest BCUT2D eigenvalue weighted by Gasteiger charge is 2.21. The highest BCUT2D eigenvalue weighted by molar-refractivity contribution is 7.21. The molecule has 9 heteroatoms. The number of hydrogen-bond donors (Lipinski definition) is 4. The van der Waals surface area contributed by atoms with Gasteiger partial charge in [-0.1, -0.05) is 29.8 Å². The van der Waals surface area contributed by atoms with Crippen molar-refractivity contribution in [1.29, 1.82) is 5.41 Å². The fourth-order valence-corrected chi connectivity index (χ4v) is 4.75. The number of ketones is 1. The average molecular weight is 472 g/mol. The van der Waals surface area contributed by atoms with Crippen LogP contribution in [-0.2, 0) is 6.42 Å². The third-order valence-electron chi connectivity index (χ3n) is 4.90. The number of thiophene rings is 1. The number of nitrogens with two attached hydrogens (primary N) is 1. The number of carbonyl (C=O) groups excluding carboxylic acids is 2. The third-order valence-corrected chi connectivity index (χ3v) is 6.61. The van der Waals surface area contributed by atoms with Crippen molar-refractivity contribution < 1.29 is 19.5 Å². The average Bonchev–Trinajstić information content (AvgIpc) is 3.10. The van der Waals surface area contributed by atoms with Gasteiger partial charge in [0.2, 0.25) is 0 Å². The molecule has 0 saturated heterocycles. The smallest absolute Gasteiger partial charge is 0.335 e. The van der Waals surface area contributed by atoms with E-state index < -0.39 is 5.97 Å². The van der Waals surface area contributed by atoms with Gasteiger partial charge in [0.1, 0.15) is 0 Å². The number of unbranched alkanes of at least 4 members (excludes halogenated alkanes) is 1. The topological polar surface area (TPSA) is 133 Å². The molecule has 5 N–H and O–H groups in total. The zero-order chi connectivity index (χ0) is 23.3. The van der Waals surface area contributed by atoms with Gasteiger partial charge in [0.15, 0.2) is 5.78 Å². The Bertz CT molecular complexity index is 1210. The predicted molar refractivity (Wildman–Crippen MR) is 126 cm³/mol. The van der Waals surface area contributed by atoms with Crippen LogP contribution in [0.25, 0.3) is 10.1 Å². The van der Waals surface area contributed by atoms with E-state index in [9.17, 15) is 19.5 Å². The quantitative estimate of drug-likeness (QED) is 0.149. The molecule has 0 aliphatic rings. The lowest BCUT2D eigenvalue weighted by Gasteiger charge is -2.10. The third kappa shape index (κ3) is 5.52. The number of amidine groups is 1. The molecular formula is C23H22ClN3O4S. The molecule has 0 aliphatic carbocycles. The van der Waals surface area contributed by atoms with Crippen molar-refractivity contribution in [3.63, 3.8) is 0 Å². The lowest BCUT2D eigenvalue weighted by Crippen LogP contribution is -2.25. The molecule has 1 heterocycles. The Kier molecular flexibility index (Phi) is 7.61. The van der Waals surface area contributed by atoms with E-state index >= 15 is 0 Å². The summed E-state index contributed by atoms with van der Waals surface area (Å²) < 4.78 is 0.872. The van der Waals surface area contributed by atoms with E-state index in [-0.39, 0.29) is 40.6 Å². The van der Waals surface area contributed by atoms with Crippen molar-refractivity contribution in [2.75, 3.05) is 6.54 Å². The van der Waals surface area contributed by atoms with Crippen LogP contribution in [0.5, 0.6) is 0 Å². The van der Waals surface area contributed by atoms with Crippen LogP contribution in [0.3, 0.4) is 0 Å². The lowest BCUT2D eigenvalue weighted by molar-refractivity contribution is 0.0695. The fourth-order valence-electron chi connectivity index (χ4n) is 3.28. The first-order chi connectivity index (χ1) is 15.3. The monoisotopic (exact) mass is 471 g/mol. The van der Waals surface area contributed by atoms with Crippen molar-refractivity contribution in [1.82, 2.24) is 5.32 Å². The molecule has 32 heavy (non-hydrogen) atoms. The molecule has 166 valence electrons. The van der Waals surface area contributed by atoms with E-state index in [1.165, 1.54) is 29.5 Å². The van der Waals surface area contributed by atoms with Crippen LogP contribution >= 0.6 is 22.9 Å². The SMILES string of the molecule is N=C(N)CCCCNC(=O)c1ccc(C(=O)O)c(CC(=O)c2sc3ccccc3c2Cl)c1. The molecule has 0 spiro atoms. The van der Waals surface area contributed by atoms with Crippen LogP contribution in [0.15, 0.2) is 42.5 Å². The Labute approximate surface area is 193 Å². The first-order valence-electron chi connectivity index (χ1n) is 9.95. The summed E-state index contributed by atoms with van der Waals surface area (Å²) >= 11 is 7.65. The number of carboxylic acids is 1. The van der Waals surface area contributed by atoms with Gasteiger partial charge < -0.3 is 16.2 Å². The number of rotatable bonds is 10. The summed E-state index contributed by atoms with van der Waals surface area (Å²) in [7, 11) is 0. The molecule has 0 bridgehead atoms. The maximum atomic E-state index is 13.0. The summed E-state index contributed by atoms with van der Waals surface area (Å²) in [4.78, 5) is 37.5. The Morgan fingerprint density at radius 1 is 1.12 bits per heavy atom. The largest absolute Gasteiger partial charge is 0.478 e. The molecule has 1 amide bonds. The molecule has 0 radical (unpaired) electrons. The molecule has 3 aromatic rings. The molecular weight excluding hydrogens is 450 g/mol. The Morgan fingerprint density at radius 3 is 2.56 bits per heavy atom. The van der Waals surface area contributed by atoms with Gasteiger partial charge in [-0.3, -0.25) is 15.0 Å². The second-order valence-corrected chi connectivity index (χ2v) is 8.69. The molecule has 0 unspecified atom stereocenters. The highest BCUT2D eigenvalue weighted by Crippen LogP contribution is 2.36. The Morgan fingerprint density at radius 2 is 1.88 bits per heavy atom. The van der Waals surface area contributed by atoms with Gasteiger partial charge in [0.05, 0.1) is 21.3 Å². The van der Waals surface area contributed by atoms with Gasteiger partial charge in [-0.2, -0.15) is 0 Å². The van der Waals surface area contributed by atoms with Crippen LogP contribution in [-0.4, -0.2) is 35.1 Å². The first kappa shape index (κ1) is 23.4. The van der Waals surface area contributed by atoms with E-state index in [0.29, 0.717) is 35.7 Å². The molecule has 0 saturated carbocycles. The number of benzene rings is 2. The number of aromatic carboxylic acids is 1. The van der Waals surface area contributed by atoms with E-state index in [0.717, 1.165) is 10.1 Å². The van der Waals surface area contributed by atoms with Gasteiger partial charge >= 0.3 is 5.97 Å². The van der Waals surface area contributed by atoms with E-state index in [1.54, 1.807) is 0 Å². The Balaban J connectivity index is 1.77. The van der Waals surface area contributed by atoms with Crippen molar-refractivity contribution in [2.24, 2.45) is 5.73 Å². The maximum Gasteiger partial charge on any atom is 0.335 e. The number of nitrogens with one attached hydrogen (secondary N) is 2. The minimum Gasteiger partial charge on any atom is -0.478 e. The van der Waals surface area contributed by atoms with Crippen LogP contribution in [0, 0.1) is 5.41 Å². The lowest BCUT2D eigenvalue weighted by atomic mass is 9.98. The molecule has 0 fully saturated rings. The van der Waals surface area contributed by atoms with Crippen LogP contribution in [0.4, 0.5) is 0 Å². The molecule has 0 aliphatic heterocycles. The highest BCUT2D eigenvalue weighted by atomic mass is 35.5. The van der Waals surface area contributed by atoms with Crippen molar-refractivity contribution in [3.05, 3.63) is 69.1 Å². The van der Waals surface area contributed by atoms with Crippen molar-refractivity contribution in [2.45, 2.75) is 25.7 Å². The summed E-state index contributed by atoms with van der Waals surface area (Å²) in [5.41, 5.74) is 5.79. The number of fused-ring (bicyclic) bond motifs is 1.